The summed E-state index contributed by atoms with van der Waals surface area (Å²) in [4.78, 5) is 23.3. The first-order valence-corrected chi connectivity index (χ1v) is 9.81. The third-order valence-electron chi connectivity index (χ3n) is 4.01. The fourth-order valence-corrected chi connectivity index (χ4v) is 4.22. The molecule has 0 heterocycles. The van der Waals surface area contributed by atoms with Crippen LogP contribution in [0.1, 0.15) is 29.8 Å². The Bertz CT molecular complexity index is 942. The summed E-state index contributed by atoms with van der Waals surface area (Å²) in [6.07, 6.45) is -1.12. The van der Waals surface area contributed by atoms with Crippen molar-refractivity contribution in [1.29, 1.82) is 0 Å². The van der Waals surface area contributed by atoms with Gasteiger partial charge in [-0.3, -0.25) is 9.10 Å². The van der Waals surface area contributed by atoms with Crippen molar-refractivity contribution in [3.63, 3.8) is 0 Å². The van der Waals surface area contributed by atoms with Crippen LogP contribution in [0.2, 0.25) is 0 Å². The number of primary amides is 1. The molecule has 0 saturated carbocycles. The summed E-state index contributed by atoms with van der Waals surface area (Å²) < 4.78 is 32.6. The molecule has 0 radical (unpaired) electrons. The average molecular weight is 390 g/mol. The number of anilines is 1. The smallest absolute Gasteiger partial charge is 0.338 e. The van der Waals surface area contributed by atoms with Crippen LogP contribution in [0.4, 0.5) is 5.69 Å². The first-order valence-electron chi connectivity index (χ1n) is 8.37. The summed E-state index contributed by atoms with van der Waals surface area (Å²) in [5.74, 6) is -1.61. The van der Waals surface area contributed by atoms with Gasteiger partial charge in [0.05, 0.1) is 16.1 Å². The van der Waals surface area contributed by atoms with Crippen LogP contribution >= 0.6 is 0 Å². The second kappa shape index (κ2) is 8.22. The standard InChI is InChI=1S/C19H22N2O5S/c1-4-21(16-8-6-5-7-9-16)27(24,25)17-12-15(11-10-13(17)2)19(23)26-14(3)18(20)22/h5-12,14H,4H2,1-3H3,(H2,20,22)/t14-/m0/s1. The van der Waals surface area contributed by atoms with Crippen LogP contribution < -0.4 is 10.0 Å². The predicted octanol–water partition coefficient (Wildman–Crippen LogP) is 2.24. The lowest BCUT2D eigenvalue weighted by Gasteiger charge is -2.24. The highest BCUT2D eigenvalue weighted by Crippen LogP contribution is 2.26. The van der Waals surface area contributed by atoms with Gasteiger partial charge in [-0.25, -0.2) is 13.2 Å². The van der Waals surface area contributed by atoms with E-state index in [4.69, 9.17) is 10.5 Å². The first-order chi connectivity index (χ1) is 12.7. The summed E-state index contributed by atoms with van der Waals surface area (Å²) in [6.45, 7) is 4.94. The Morgan fingerprint density at radius 3 is 2.33 bits per heavy atom. The Kier molecular flexibility index (Phi) is 6.22. The molecule has 1 atom stereocenters. The van der Waals surface area contributed by atoms with Gasteiger partial charge in [-0.05, 0) is 50.6 Å². The van der Waals surface area contributed by atoms with Crippen molar-refractivity contribution in [2.45, 2.75) is 31.8 Å². The van der Waals surface area contributed by atoms with Gasteiger partial charge in [0.15, 0.2) is 6.10 Å². The summed E-state index contributed by atoms with van der Waals surface area (Å²) in [6, 6.07) is 12.9. The lowest BCUT2D eigenvalue weighted by molar-refractivity contribution is -0.125. The molecule has 27 heavy (non-hydrogen) atoms. The van der Waals surface area contributed by atoms with Crippen LogP contribution in [0.3, 0.4) is 0 Å². The van der Waals surface area contributed by atoms with E-state index < -0.39 is 28.0 Å². The van der Waals surface area contributed by atoms with Gasteiger partial charge in [0.1, 0.15) is 0 Å². The number of sulfonamides is 1. The van der Waals surface area contributed by atoms with Gasteiger partial charge in [0.25, 0.3) is 15.9 Å². The van der Waals surface area contributed by atoms with Gasteiger partial charge in [0, 0.05) is 6.54 Å². The topological polar surface area (TPSA) is 107 Å². The molecular formula is C19H22N2O5S. The zero-order valence-electron chi connectivity index (χ0n) is 15.4. The Balaban J connectivity index is 2.45. The summed E-state index contributed by atoms with van der Waals surface area (Å²) in [5.41, 5.74) is 6.13. The predicted molar refractivity (Wildman–Crippen MR) is 102 cm³/mol. The molecule has 0 aliphatic carbocycles. The summed E-state index contributed by atoms with van der Waals surface area (Å²) >= 11 is 0. The van der Waals surface area contributed by atoms with Crippen molar-refractivity contribution in [2.24, 2.45) is 5.73 Å². The Morgan fingerprint density at radius 2 is 1.78 bits per heavy atom. The van der Waals surface area contributed by atoms with Crippen molar-refractivity contribution in [3.05, 3.63) is 59.7 Å². The van der Waals surface area contributed by atoms with E-state index in [0.29, 0.717) is 11.3 Å². The molecule has 2 rings (SSSR count). The summed E-state index contributed by atoms with van der Waals surface area (Å²) in [5, 5.41) is 0. The normalized spacial score (nSPS) is 12.3. The molecule has 0 spiro atoms. The number of nitrogens with two attached hydrogens (primary N) is 1. The van der Waals surface area contributed by atoms with Crippen LogP contribution in [0.5, 0.6) is 0 Å². The van der Waals surface area contributed by atoms with E-state index >= 15 is 0 Å². The van der Waals surface area contributed by atoms with Crippen molar-refractivity contribution in [3.8, 4) is 0 Å². The van der Waals surface area contributed by atoms with Crippen LogP contribution in [0, 0.1) is 6.92 Å². The van der Waals surface area contributed by atoms with Gasteiger partial charge in [-0.15, -0.1) is 0 Å². The Hall–Kier alpha value is -2.87. The number of ether oxygens (including phenoxy) is 1. The molecule has 0 fully saturated rings. The maximum Gasteiger partial charge on any atom is 0.338 e. The number of rotatable bonds is 7. The van der Waals surface area contributed by atoms with Crippen LogP contribution in [-0.4, -0.2) is 32.9 Å². The minimum Gasteiger partial charge on any atom is -0.449 e. The fourth-order valence-electron chi connectivity index (χ4n) is 2.50. The van der Waals surface area contributed by atoms with Crippen molar-refractivity contribution >= 4 is 27.6 Å². The largest absolute Gasteiger partial charge is 0.449 e. The number of esters is 1. The molecule has 0 bridgehead atoms. The van der Waals surface area contributed by atoms with E-state index in [-0.39, 0.29) is 17.0 Å². The second-order valence-electron chi connectivity index (χ2n) is 5.94. The average Bonchev–Trinajstić information content (AvgIpc) is 2.63. The highest BCUT2D eigenvalue weighted by molar-refractivity contribution is 7.92. The molecule has 0 saturated heterocycles. The molecular weight excluding hydrogens is 368 g/mol. The second-order valence-corrected chi connectivity index (χ2v) is 7.77. The van der Waals surface area contributed by atoms with Gasteiger partial charge >= 0.3 is 5.97 Å². The monoisotopic (exact) mass is 390 g/mol. The number of benzene rings is 2. The van der Waals surface area contributed by atoms with Crippen molar-refractivity contribution in [1.82, 2.24) is 0 Å². The first kappa shape index (κ1) is 20.4. The van der Waals surface area contributed by atoms with Crippen LogP contribution in [0.15, 0.2) is 53.4 Å². The molecule has 7 nitrogen and oxygen atoms in total. The maximum absolute atomic E-state index is 13.2. The van der Waals surface area contributed by atoms with E-state index in [1.54, 1.807) is 44.2 Å². The molecule has 1 amide bonds. The molecule has 2 aromatic carbocycles. The molecule has 144 valence electrons. The van der Waals surface area contributed by atoms with E-state index in [2.05, 4.69) is 0 Å². The maximum atomic E-state index is 13.2. The SMILES string of the molecule is CCN(c1ccccc1)S(=O)(=O)c1cc(C(=O)O[C@@H](C)C(N)=O)ccc1C. The minimum atomic E-state index is -3.90. The number of carbonyl (C=O) groups is 2. The highest BCUT2D eigenvalue weighted by atomic mass is 32.2. The molecule has 2 aromatic rings. The van der Waals surface area contributed by atoms with E-state index in [0.717, 1.165) is 0 Å². The highest BCUT2D eigenvalue weighted by Gasteiger charge is 2.27. The Morgan fingerprint density at radius 1 is 1.15 bits per heavy atom. The van der Waals surface area contributed by atoms with E-state index in [9.17, 15) is 18.0 Å². The molecule has 2 N–H and O–H groups in total. The summed E-state index contributed by atoms with van der Waals surface area (Å²) in [7, 11) is -3.90. The molecule has 0 aliphatic heterocycles. The van der Waals surface area contributed by atoms with Gasteiger partial charge in [0.2, 0.25) is 0 Å². The molecule has 0 aromatic heterocycles. The van der Waals surface area contributed by atoms with Crippen molar-refractivity contribution < 1.29 is 22.7 Å². The van der Waals surface area contributed by atoms with Crippen LogP contribution in [-0.2, 0) is 19.6 Å². The lowest BCUT2D eigenvalue weighted by Crippen LogP contribution is -2.32. The number of amides is 1. The third kappa shape index (κ3) is 4.46. The number of hydrogen-bond acceptors (Lipinski definition) is 5. The zero-order valence-corrected chi connectivity index (χ0v) is 16.2. The molecule has 0 unspecified atom stereocenters. The fraction of sp³-hybridized carbons (Fsp3) is 0.263. The van der Waals surface area contributed by atoms with Crippen molar-refractivity contribution in [2.75, 3.05) is 10.8 Å². The van der Waals surface area contributed by atoms with Crippen LogP contribution in [0.25, 0.3) is 0 Å². The zero-order chi connectivity index (χ0) is 20.2. The van der Waals surface area contributed by atoms with E-state index in [1.807, 2.05) is 0 Å². The molecule has 0 aliphatic rings. The lowest BCUT2D eigenvalue weighted by atomic mass is 10.1. The number of para-hydroxylation sites is 1. The van der Waals surface area contributed by atoms with Gasteiger partial charge in [-0.2, -0.15) is 0 Å². The number of carbonyl (C=O) groups excluding carboxylic acids is 2. The third-order valence-corrected chi connectivity index (χ3v) is 6.05. The van der Waals surface area contributed by atoms with Gasteiger partial charge in [-0.1, -0.05) is 24.3 Å². The quantitative estimate of drug-likeness (QED) is 0.730. The number of aryl methyl sites for hydroxylation is 1. The molecule has 8 heteroatoms. The minimum absolute atomic E-state index is 0.00520. The number of hydrogen-bond donors (Lipinski definition) is 1. The Labute approximate surface area is 158 Å². The number of nitrogens with zero attached hydrogens (tertiary/aromatic N) is 1. The van der Waals surface area contributed by atoms with Gasteiger partial charge < -0.3 is 10.5 Å². The van der Waals surface area contributed by atoms with E-state index in [1.165, 1.54) is 29.4 Å².